The number of ketones is 1. The van der Waals surface area contributed by atoms with Gasteiger partial charge in [-0.25, -0.2) is 9.59 Å². The lowest BCUT2D eigenvalue weighted by molar-refractivity contribution is -0.118. The standard InChI is InChI=1S/C21H24N2O7/c1-4-10-28-21(27)22-16(11-13(2)24)17(25)12-29-20(26)18-14(3)30-23-19(18)15-8-6-5-7-9-15/h4-9,16-17,25H,1,10-12H2,2-3H3,(H,22,27)/t16-,17?/m0/s1. The molecule has 2 aromatic rings. The molecule has 2 atom stereocenters. The van der Waals surface area contributed by atoms with Crippen LogP contribution in [0.5, 0.6) is 0 Å². The second-order valence-electron chi connectivity index (χ2n) is 6.54. The molecule has 0 fully saturated rings. The predicted octanol–water partition coefficient (Wildman–Crippen LogP) is 2.43. The molecular formula is C21H24N2O7. The number of ether oxygens (including phenoxy) is 2. The number of aliphatic hydroxyl groups is 1. The summed E-state index contributed by atoms with van der Waals surface area (Å²) in [5, 5.41) is 16.7. The van der Waals surface area contributed by atoms with Crippen LogP contribution in [-0.2, 0) is 14.3 Å². The Kier molecular flexibility index (Phi) is 8.30. The number of hydrogen-bond acceptors (Lipinski definition) is 8. The first-order chi connectivity index (χ1) is 14.3. The minimum atomic E-state index is -1.34. The van der Waals surface area contributed by atoms with Crippen molar-refractivity contribution >= 4 is 17.8 Å². The van der Waals surface area contributed by atoms with Crippen molar-refractivity contribution in [1.82, 2.24) is 10.5 Å². The van der Waals surface area contributed by atoms with E-state index in [1.165, 1.54) is 13.0 Å². The van der Waals surface area contributed by atoms with Gasteiger partial charge in [-0.15, -0.1) is 0 Å². The Bertz CT molecular complexity index is 892. The van der Waals surface area contributed by atoms with E-state index in [1.807, 2.05) is 6.07 Å². The van der Waals surface area contributed by atoms with Crippen molar-refractivity contribution in [3.8, 4) is 11.3 Å². The number of Topliss-reactive ketones (excluding diaryl/α,β-unsaturated/α-hetero) is 1. The molecule has 0 spiro atoms. The maximum Gasteiger partial charge on any atom is 0.407 e. The summed E-state index contributed by atoms with van der Waals surface area (Å²) >= 11 is 0. The van der Waals surface area contributed by atoms with E-state index < -0.39 is 30.8 Å². The van der Waals surface area contributed by atoms with Gasteiger partial charge in [0.2, 0.25) is 0 Å². The number of aryl methyl sites for hydroxylation is 1. The van der Waals surface area contributed by atoms with Gasteiger partial charge in [-0.3, -0.25) is 4.79 Å². The minimum Gasteiger partial charge on any atom is -0.459 e. The maximum absolute atomic E-state index is 12.6. The van der Waals surface area contributed by atoms with E-state index in [-0.39, 0.29) is 30.1 Å². The zero-order valence-electron chi connectivity index (χ0n) is 16.8. The van der Waals surface area contributed by atoms with E-state index in [0.717, 1.165) is 0 Å². The van der Waals surface area contributed by atoms with E-state index >= 15 is 0 Å². The fraction of sp³-hybridized carbons (Fsp3) is 0.333. The first-order valence-corrected chi connectivity index (χ1v) is 9.24. The highest BCUT2D eigenvalue weighted by Gasteiger charge is 2.27. The molecule has 9 heteroatoms. The van der Waals surface area contributed by atoms with Gasteiger partial charge in [0.05, 0.1) is 6.04 Å². The summed E-state index contributed by atoms with van der Waals surface area (Å²) in [6.07, 6.45) is -0.949. The van der Waals surface area contributed by atoms with Crippen molar-refractivity contribution < 1.29 is 33.5 Å². The zero-order chi connectivity index (χ0) is 22.1. The number of esters is 1. The molecular weight excluding hydrogens is 392 g/mol. The maximum atomic E-state index is 12.6. The van der Waals surface area contributed by atoms with Crippen molar-refractivity contribution in [1.29, 1.82) is 0 Å². The Hall–Kier alpha value is -3.46. The van der Waals surface area contributed by atoms with Crippen LogP contribution in [0.2, 0.25) is 0 Å². The number of hydrogen-bond donors (Lipinski definition) is 2. The van der Waals surface area contributed by atoms with Gasteiger partial charge >= 0.3 is 12.1 Å². The lowest BCUT2D eigenvalue weighted by Gasteiger charge is -2.22. The van der Waals surface area contributed by atoms with Gasteiger partial charge in [-0.2, -0.15) is 0 Å². The number of aromatic nitrogens is 1. The summed E-state index contributed by atoms with van der Waals surface area (Å²) in [5.41, 5.74) is 1.12. The second-order valence-corrected chi connectivity index (χ2v) is 6.54. The molecule has 0 saturated heterocycles. The molecule has 30 heavy (non-hydrogen) atoms. The Labute approximate surface area is 173 Å². The van der Waals surface area contributed by atoms with Crippen molar-refractivity contribution in [2.75, 3.05) is 13.2 Å². The highest BCUT2D eigenvalue weighted by Crippen LogP contribution is 2.25. The number of nitrogens with zero attached hydrogens (tertiary/aromatic N) is 1. The number of carbonyl (C=O) groups is 3. The van der Waals surface area contributed by atoms with Crippen LogP contribution in [0.3, 0.4) is 0 Å². The van der Waals surface area contributed by atoms with Crippen molar-refractivity contribution in [2.24, 2.45) is 0 Å². The number of amides is 1. The lowest BCUT2D eigenvalue weighted by atomic mass is 10.1. The van der Waals surface area contributed by atoms with Crippen LogP contribution in [0.15, 0.2) is 47.5 Å². The Balaban J connectivity index is 2.06. The summed E-state index contributed by atoms with van der Waals surface area (Å²) in [6, 6.07) is 7.95. The van der Waals surface area contributed by atoms with Crippen LogP contribution in [-0.4, -0.2) is 53.5 Å². The molecule has 0 radical (unpaired) electrons. The highest BCUT2D eigenvalue weighted by atomic mass is 16.6. The molecule has 0 aliphatic heterocycles. The minimum absolute atomic E-state index is 0.0290. The van der Waals surface area contributed by atoms with Crippen LogP contribution < -0.4 is 5.32 Å². The van der Waals surface area contributed by atoms with Gasteiger partial charge in [-0.1, -0.05) is 48.1 Å². The van der Waals surface area contributed by atoms with Gasteiger partial charge in [0.1, 0.15) is 42.1 Å². The van der Waals surface area contributed by atoms with Gasteiger partial charge < -0.3 is 24.4 Å². The molecule has 1 amide bonds. The molecule has 1 aromatic heterocycles. The molecule has 160 valence electrons. The molecule has 9 nitrogen and oxygen atoms in total. The second kappa shape index (κ2) is 10.9. The number of alkyl carbamates (subject to hydrolysis) is 1. The molecule has 0 aliphatic carbocycles. The van der Waals surface area contributed by atoms with E-state index in [9.17, 15) is 19.5 Å². The van der Waals surface area contributed by atoms with Crippen LogP contribution in [0, 0.1) is 6.92 Å². The van der Waals surface area contributed by atoms with Crippen LogP contribution in [0.1, 0.15) is 29.5 Å². The van der Waals surface area contributed by atoms with Crippen molar-refractivity contribution in [2.45, 2.75) is 32.4 Å². The summed E-state index contributed by atoms with van der Waals surface area (Å²) in [7, 11) is 0. The molecule has 1 heterocycles. The molecule has 0 bridgehead atoms. The Morgan fingerprint density at radius 2 is 1.97 bits per heavy atom. The third-order valence-electron chi connectivity index (χ3n) is 4.11. The fourth-order valence-electron chi connectivity index (χ4n) is 2.68. The van der Waals surface area contributed by atoms with Gasteiger partial charge in [0.15, 0.2) is 0 Å². The molecule has 2 N–H and O–H groups in total. The van der Waals surface area contributed by atoms with E-state index in [0.29, 0.717) is 11.3 Å². The van der Waals surface area contributed by atoms with Crippen molar-refractivity contribution in [3.63, 3.8) is 0 Å². The normalized spacial score (nSPS) is 12.5. The number of aliphatic hydroxyl groups excluding tert-OH is 1. The van der Waals surface area contributed by atoms with E-state index in [2.05, 4.69) is 17.1 Å². The van der Waals surface area contributed by atoms with Gasteiger partial charge in [0, 0.05) is 12.0 Å². The van der Waals surface area contributed by atoms with Crippen molar-refractivity contribution in [3.05, 3.63) is 54.3 Å². The Morgan fingerprint density at radius 1 is 1.27 bits per heavy atom. The van der Waals surface area contributed by atoms with Crippen LogP contribution in [0.25, 0.3) is 11.3 Å². The molecule has 0 saturated carbocycles. The fourth-order valence-corrected chi connectivity index (χ4v) is 2.68. The topological polar surface area (TPSA) is 128 Å². The summed E-state index contributed by atoms with van der Waals surface area (Å²) in [6.45, 7) is 5.82. The number of carbonyl (C=O) groups excluding carboxylic acids is 3. The lowest BCUT2D eigenvalue weighted by Crippen LogP contribution is -2.46. The molecule has 1 aromatic carbocycles. The monoisotopic (exact) mass is 416 g/mol. The summed E-state index contributed by atoms with van der Waals surface area (Å²) < 4.78 is 15.1. The predicted molar refractivity (Wildman–Crippen MR) is 107 cm³/mol. The van der Waals surface area contributed by atoms with Crippen LogP contribution in [0.4, 0.5) is 4.79 Å². The quantitative estimate of drug-likeness (QED) is 0.446. The SMILES string of the molecule is C=CCOC(=O)N[C@@H](CC(C)=O)C(O)COC(=O)c1c(-c2ccccc2)noc1C. The van der Waals surface area contributed by atoms with Gasteiger partial charge in [0.25, 0.3) is 0 Å². The first kappa shape index (κ1) is 22.8. The number of benzene rings is 1. The average molecular weight is 416 g/mol. The first-order valence-electron chi connectivity index (χ1n) is 9.24. The number of rotatable bonds is 10. The highest BCUT2D eigenvalue weighted by molar-refractivity contribution is 5.97. The third kappa shape index (κ3) is 6.28. The summed E-state index contributed by atoms with van der Waals surface area (Å²) in [5.74, 6) is -0.752. The zero-order valence-corrected chi connectivity index (χ0v) is 16.8. The summed E-state index contributed by atoms with van der Waals surface area (Å²) in [4.78, 5) is 35.8. The molecule has 1 unspecified atom stereocenters. The van der Waals surface area contributed by atoms with E-state index in [1.54, 1.807) is 31.2 Å². The van der Waals surface area contributed by atoms with Crippen LogP contribution >= 0.6 is 0 Å². The Morgan fingerprint density at radius 3 is 2.60 bits per heavy atom. The smallest absolute Gasteiger partial charge is 0.407 e. The van der Waals surface area contributed by atoms with Gasteiger partial charge in [-0.05, 0) is 13.8 Å². The van der Waals surface area contributed by atoms with E-state index in [4.69, 9.17) is 14.0 Å². The molecule has 0 aliphatic rings. The average Bonchev–Trinajstić information content (AvgIpc) is 3.11. The number of nitrogens with one attached hydrogen (secondary N) is 1. The third-order valence-corrected chi connectivity index (χ3v) is 4.11. The molecule has 2 rings (SSSR count). The largest absolute Gasteiger partial charge is 0.459 e.